The van der Waals surface area contributed by atoms with Gasteiger partial charge < -0.3 is 5.11 Å². The van der Waals surface area contributed by atoms with Gasteiger partial charge >= 0.3 is 5.97 Å². The SMILES string of the molecule is CC(C)CCn1cc(C(=O)O)c(-c2ccc(Cl)s2)n1. The van der Waals surface area contributed by atoms with Gasteiger partial charge in [0.2, 0.25) is 0 Å². The van der Waals surface area contributed by atoms with Crippen molar-refractivity contribution in [3.05, 3.63) is 28.2 Å². The zero-order valence-electron chi connectivity index (χ0n) is 10.8. The second kappa shape index (κ2) is 5.75. The van der Waals surface area contributed by atoms with Crippen LogP contribution < -0.4 is 0 Å². The van der Waals surface area contributed by atoms with Crippen LogP contribution in [0.5, 0.6) is 0 Å². The second-order valence-corrected chi connectivity index (χ2v) is 6.46. The van der Waals surface area contributed by atoms with E-state index in [1.54, 1.807) is 23.0 Å². The van der Waals surface area contributed by atoms with E-state index in [0.29, 0.717) is 15.9 Å². The number of aromatic nitrogens is 2. The van der Waals surface area contributed by atoms with E-state index in [4.69, 9.17) is 11.6 Å². The molecule has 2 aromatic rings. The van der Waals surface area contributed by atoms with Crippen LogP contribution >= 0.6 is 22.9 Å². The number of halogens is 1. The van der Waals surface area contributed by atoms with Crippen molar-refractivity contribution in [3.8, 4) is 10.6 Å². The summed E-state index contributed by atoms with van der Waals surface area (Å²) in [5.41, 5.74) is 0.718. The van der Waals surface area contributed by atoms with Crippen LogP contribution in [0.15, 0.2) is 18.3 Å². The molecule has 102 valence electrons. The predicted octanol–water partition coefficient (Wildman–Crippen LogP) is 4.01. The van der Waals surface area contributed by atoms with Crippen LogP contribution in [0.1, 0.15) is 30.6 Å². The molecule has 0 aromatic carbocycles. The first-order valence-corrected chi connectivity index (χ1v) is 7.23. The Morgan fingerprint density at radius 2 is 2.26 bits per heavy atom. The molecule has 0 saturated carbocycles. The summed E-state index contributed by atoms with van der Waals surface area (Å²) < 4.78 is 2.33. The van der Waals surface area contributed by atoms with E-state index < -0.39 is 5.97 Å². The average Bonchev–Trinajstić information content (AvgIpc) is 2.92. The number of thiophene rings is 1. The summed E-state index contributed by atoms with van der Waals surface area (Å²) in [5.74, 6) is -0.410. The Morgan fingerprint density at radius 1 is 1.53 bits per heavy atom. The molecule has 0 bridgehead atoms. The minimum atomic E-state index is -0.963. The molecule has 0 atom stereocenters. The van der Waals surface area contributed by atoms with E-state index in [2.05, 4.69) is 18.9 Å². The van der Waals surface area contributed by atoms with Gasteiger partial charge in [-0.05, 0) is 24.5 Å². The molecule has 1 N–H and O–H groups in total. The molecule has 0 radical (unpaired) electrons. The number of aromatic carboxylic acids is 1. The highest BCUT2D eigenvalue weighted by Crippen LogP contribution is 2.32. The molecular weight excluding hydrogens is 284 g/mol. The smallest absolute Gasteiger partial charge is 0.339 e. The molecule has 0 fully saturated rings. The van der Waals surface area contributed by atoms with Crippen LogP contribution in [0.25, 0.3) is 10.6 Å². The molecule has 6 heteroatoms. The first kappa shape index (κ1) is 14.1. The van der Waals surface area contributed by atoms with Crippen molar-refractivity contribution >= 4 is 28.9 Å². The minimum absolute atomic E-state index is 0.224. The van der Waals surface area contributed by atoms with Crippen LogP contribution in [0.4, 0.5) is 0 Å². The zero-order chi connectivity index (χ0) is 14.0. The summed E-state index contributed by atoms with van der Waals surface area (Å²) in [6.45, 7) is 4.97. The van der Waals surface area contributed by atoms with Gasteiger partial charge in [0, 0.05) is 12.7 Å². The summed E-state index contributed by atoms with van der Waals surface area (Å²) in [6.07, 6.45) is 2.55. The van der Waals surface area contributed by atoms with E-state index in [-0.39, 0.29) is 5.56 Å². The summed E-state index contributed by atoms with van der Waals surface area (Å²) in [4.78, 5) is 12.1. The van der Waals surface area contributed by atoms with Gasteiger partial charge in [0.1, 0.15) is 11.3 Å². The zero-order valence-corrected chi connectivity index (χ0v) is 12.3. The second-order valence-electron chi connectivity index (χ2n) is 4.75. The fourth-order valence-corrected chi connectivity index (χ4v) is 2.75. The Bertz CT molecular complexity index is 589. The molecule has 19 heavy (non-hydrogen) atoms. The van der Waals surface area contributed by atoms with Gasteiger partial charge in [-0.2, -0.15) is 5.10 Å². The monoisotopic (exact) mass is 298 g/mol. The van der Waals surface area contributed by atoms with Gasteiger partial charge in [-0.15, -0.1) is 11.3 Å². The fourth-order valence-electron chi connectivity index (χ4n) is 1.71. The molecule has 0 saturated heterocycles. The van der Waals surface area contributed by atoms with E-state index in [9.17, 15) is 9.90 Å². The Labute approximate surface area is 120 Å². The quantitative estimate of drug-likeness (QED) is 0.907. The summed E-state index contributed by atoms with van der Waals surface area (Å²) in [6, 6.07) is 3.55. The highest BCUT2D eigenvalue weighted by molar-refractivity contribution is 7.19. The molecule has 0 aliphatic rings. The molecule has 2 aromatic heterocycles. The number of hydrogen-bond acceptors (Lipinski definition) is 3. The Kier molecular flexibility index (Phi) is 4.27. The third-order valence-corrected chi connectivity index (χ3v) is 3.97. The van der Waals surface area contributed by atoms with Gasteiger partial charge in [-0.3, -0.25) is 4.68 Å². The maximum atomic E-state index is 11.3. The number of carbonyl (C=O) groups is 1. The molecule has 0 unspecified atom stereocenters. The van der Waals surface area contributed by atoms with Crippen molar-refractivity contribution in [1.29, 1.82) is 0 Å². The molecule has 0 aliphatic carbocycles. The normalized spacial score (nSPS) is 11.2. The van der Waals surface area contributed by atoms with E-state index >= 15 is 0 Å². The highest BCUT2D eigenvalue weighted by atomic mass is 35.5. The molecular formula is C13H15ClN2O2S. The van der Waals surface area contributed by atoms with Gasteiger partial charge in [0.25, 0.3) is 0 Å². The maximum absolute atomic E-state index is 11.3. The standard InChI is InChI=1S/C13H15ClN2O2S/c1-8(2)5-6-16-7-9(13(17)18)12(15-16)10-3-4-11(14)19-10/h3-4,7-8H,5-6H2,1-2H3,(H,17,18). The number of carboxylic acid groups (broad SMARTS) is 1. The van der Waals surface area contributed by atoms with E-state index in [1.165, 1.54) is 11.3 Å². The van der Waals surface area contributed by atoms with Crippen molar-refractivity contribution < 1.29 is 9.90 Å². The highest BCUT2D eigenvalue weighted by Gasteiger charge is 2.18. The van der Waals surface area contributed by atoms with E-state index in [1.807, 2.05) is 0 Å². The first-order valence-electron chi connectivity index (χ1n) is 6.04. The predicted molar refractivity (Wildman–Crippen MR) is 77.0 cm³/mol. The summed E-state index contributed by atoms with van der Waals surface area (Å²) in [5, 5.41) is 13.6. The Hall–Kier alpha value is -1.33. The van der Waals surface area contributed by atoms with Gasteiger partial charge in [0.15, 0.2) is 0 Å². The van der Waals surface area contributed by atoms with Crippen LogP contribution in [-0.4, -0.2) is 20.9 Å². The van der Waals surface area contributed by atoms with Gasteiger partial charge in [-0.1, -0.05) is 25.4 Å². The largest absolute Gasteiger partial charge is 0.478 e. The lowest BCUT2D eigenvalue weighted by molar-refractivity contribution is 0.0697. The lowest BCUT2D eigenvalue weighted by Crippen LogP contribution is -2.02. The van der Waals surface area contributed by atoms with E-state index in [0.717, 1.165) is 17.8 Å². The van der Waals surface area contributed by atoms with Crippen molar-refractivity contribution in [2.75, 3.05) is 0 Å². The summed E-state index contributed by atoms with van der Waals surface area (Å²) >= 11 is 7.22. The van der Waals surface area contributed by atoms with Crippen LogP contribution in [-0.2, 0) is 6.54 Å². The first-order chi connectivity index (χ1) is 8.97. The maximum Gasteiger partial charge on any atom is 0.339 e. The van der Waals surface area contributed by atoms with Crippen LogP contribution in [0.3, 0.4) is 0 Å². The lowest BCUT2D eigenvalue weighted by atomic mass is 10.1. The third kappa shape index (κ3) is 3.36. The minimum Gasteiger partial charge on any atom is -0.478 e. The number of hydrogen-bond donors (Lipinski definition) is 1. The average molecular weight is 299 g/mol. The fraction of sp³-hybridized carbons (Fsp3) is 0.385. The number of rotatable bonds is 5. The molecule has 2 heterocycles. The van der Waals surface area contributed by atoms with Crippen molar-refractivity contribution in [2.45, 2.75) is 26.8 Å². The molecule has 2 rings (SSSR count). The van der Waals surface area contributed by atoms with Crippen molar-refractivity contribution in [1.82, 2.24) is 9.78 Å². The number of carboxylic acids is 1. The molecule has 4 nitrogen and oxygen atoms in total. The third-order valence-electron chi connectivity index (χ3n) is 2.73. The molecule has 0 aliphatic heterocycles. The Morgan fingerprint density at radius 3 is 2.79 bits per heavy atom. The number of nitrogens with zero attached hydrogens (tertiary/aromatic N) is 2. The summed E-state index contributed by atoms with van der Waals surface area (Å²) in [7, 11) is 0. The van der Waals surface area contributed by atoms with Gasteiger partial charge in [0.05, 0.1) is 9.21 Å². The van der Waals surface area contributed by atoms with Crippen LogP contribution in [0.2, 0.25) is 4.34 Å². The molecule has 0 spiro atoms. The topological polar surface area (TPSA) is 55.1 Å². The Balaban J connectivity index is 2.33. The number of aryl methyl sites for hydroxylation is 1. The van der Waals surface area contributed by atoms with Crippen LogP contribution in [0, 0.1) is 5.92 Å². The van der Waals surface area contributed by atoms with Gasteiger partial charge in [-0.25, -0.2) is 4.79 Å². The lowest BCUT2D eigenvalue weighted by Gasteiger charge is -2.03. The molecule has 0 amide bonds. The van der Waals surface area contributed by atoms with Crippen molar-refractivity contribution in [2.24, 2.45) is 5.92 Å². The van der Waals surface area contributed by atoms with Crippen molar-refractivity contribution in [3.63, 3.8) is 0 Å².